The molecule has 1 fully saturated rings. The summed E-state index contributed by atoms with van der Waals surface area (Å²) in [5.41, 5.74) is 1.18. The van der Waals surface area contributed by atoms with Gasteiger partial charge in [0.2, 0.25) is 0 Å². The molecule has 164 valence electrons. The molecule has 4 nitrogen and oxygen atoms in total. The summed E-state index contributed by atoms with van der Waals surface area (Å²) in [5, 5.41) is 33.6. The molecule has 3 N–H and O–H groups in total. The van der Waals surface area contributed by atoms with Gasteiger partial charge in [-0.15, -0.1) is 0 Å². The van der Waals surface area contributed by atoms with Crippen molar-refractivity contribution in [3.8, 4) is 0 Å². The highest BCUT2D eigenvalue weighted by Gasteiger charge is 2.58. The monoisotopic (exact) mass is 430 g/mol. The first-order chi connectivity index (χ1) is 14.4. The first-order valence-corrected chi connectivity index (χ1v) is 11.5. The molecule has 1 heterocycles. The predicted molar refractivity (Wildman–Crippen MR) is 122 cm³/mol. The van der Waals surface area contributed by atoms with Crippen molar-refractivity contribution in [3.05, 3.63) is 71.8 Å². The lowest BCUT2D eigenvalue weighted by Crippen LogP contribution is -2.63. The van der Waals surface area contributed by atoms with Crippen LogP contribution in [0.4, 0.5) is 0 Å². The van der Waals surface area contributed by atoms with Gasteiger partial charge in [0.25, 0.3) is 0 Å². The molecule has 2 aromatic rings. The number of hydrogen-bond acceptors (Lipinski definition) is 5. The molecular formula is C25H34O4S. The van der Waals surface area contributed by atoms with Gasteiger partial charge in [-0.1, -0.05) is 74.5 Å². The molecule has 2 aromatic carbocycles. The Kier molecular flexibility index (Phi) is 7.99. The number of benzene rings is 2. The summed E-state index contributed by atoms with van der Waals surface area (Å²) in [6.45, 7) is 4.27. The van der Waals surface area contributed by atoms with Gasteiger partial charge in [-0.3, -0.25) is 0 Å². The fourth-order valence-electron chi connectivity index (χ4n) is 4.44. The molecular weight excluding hydrogens is 396 g/mol. The van der Waals surface area contributed by atoms with E-state index in [1.54, 1.807) is 0 Å². The van der Waals surface area contributed by atoms with Gasteiger partial charge in [0.1, 0.15) is 0 Å². The molecule has 1 aliphatic heterocycles. The molecule has 0 bridgehead atoms. The number of aliphatic hydroxyl groups excluding tert-OH is 3. The molecule has 4 atom stereocenters. The third kappa shape index (κ3) is 5.09. The van der Waals surface area contributed by atoms with E-state index in [1.807, 2.05) is 60.7 Å². The van der Waals surface area contributed by atoms with Crippen molar-refractivity contribution in [2.75, 3.05) is 13.2 Å². The lowest BCUT2D eigenvalue weighted by Gasteiger charge is -2.52. The van der Waals surface area contributed by atoms with E-state index in [1.165, 1.54) is 0 Å². The Labute approximate surface area is 184 Å². The molecule has 1 saturated heterocycles. The highest BCUT2D eigenvalue weighted by atomic mass is 32.2. The highest BCUT2D eigenvalue weighted by Crippen LogP contribution is 2.50. The largest absolute Gasteiger partial charge is 0.395 e. The van der Waals surface area contributed by atoms with Gasteiger partial charge in [-0.2, -0.15) is 0 Å². The van der Waals surface area contributed by atoms with Crippen LogP contribution in [0.1, 0.15) is 37.8 Å². The molecule has 4 unspecified atom stereocenters. The van der Waals surface area contributed by atoms with E-state index in [0.717, 1.165) is 29.6 Å². The Morgan fingerprint density at radius 3 is 2.07 bits per heavy atom. The van der Waals surface area contributed by atoms with E-state index in [-0.39, 0.29) is 13.2 Å². The van der Waals surface area contributed by atoms with Crippen LogP contribution in [0, 0.1) is 11.3 Å². The fraction of sp³-hybridized carbons (Fsp3) is 0.520. The van der Waals surface area contributed by atoms with Crippen LogP contribution in [0.25, 0.3) is 0 Å². The van der Waals surface area contributed by atoms with Crippen LogP contribution >= 0.6 is 12.0 Å². The van der Waals surface area contributed by atoms with Crippen LogP contribution in [-0.4, -0.2) is 45.5 Å². The highest BCUT2D eigenvalue weighted by molar-refractivity contribution is 7.96. The van der Waals surface area contributed by atoms with Gasteiger partial charge in [0.15, 0.2) is 0 Å². The van der Waals surface area contributed by atoms with Crippen LogP contribution < -0.4 is 0 Å². The molecule has 30 heavy (non-hydrogen) atoms. The second-order valence-corrected chi connectivity index (χ2v) is 10.2. The van der Waals surface area contributed by atoms with E-state index in [9.17, 15) is 15.3 Å². The number of aliphatic hydroxyl groups is 3. The summed E-state index contributed by atoms with van der Waals surface area (Å²) in [5.74, 6) is 0.455. The maximum Gasteiger partial charge on any atom is 0.0957 e. The summed E-state index contributed by atoms with van der Waals surface area (Å²) in [6.07, 6.45) is 0.730. The van der Waals surface area contributed by atoms with Gasteiger partial charge in [-0.05, 0) is 42.7 Å². The van der Waals surface area contributed by atoms with Crippen molar-refractivity contribution in [3.63, 3.8) is 0 Å². The molecule has 0 amide bonds. The normalized spacial score (nSPS) is 27.9. The topological polar surface area (TPSA) is 69.9 Å². The number of rotatable bonds is 9. The Hall–Kier alpha value is -1.37. The van der Waals surface area contributed by atoms with Gasteiger partial charge in [-0.25, -0.2) is 0 Å². The summed E-state index contributed by atoms with van der Waals surface area (Å²) in [7, 11) is 0. The van der Waals surface area contributed by atoms with E-state index in [0.29, 0.717) is 25.2 Å². The first-order valence-electron chi connectivity index (χ1n) is 10.8. The Bertz CT molecular complexity index is 769. The lowest BCUT2D eigenvalue weighted by molar-refractivity contribution is -0.127. The minimum absolute atomic E-state index is 0.235. The van der Waals surface area contributed by atoms with Gasteiger partial charge < -0.3 is 19.5 Å². The molecule has 0 aliphatic carbocycles. The van der Waals surface area contributed by atoms with Crippen LogP contribution in [0.2, 0.25) is 0 Å². The van der Waals surface area contributed by atoms with Crippen molar-refractivity contribution in [2.45, 2.75) is 56.5 Å². The molecule has 0 aromatic heterocycles. The molecule has 1 aliphatic rings. The Morgan fingerprint density at radius 1 is 0.967 bits per heavy atom. The van der Waals surface area contributed by atoms with Crippen LogP contribution in [0.3, 0.4) is 0 Å². The van der Waals surface area contributed by atoms with Crippen molar-refractivity contribution in [1.29, 1.82) is 0 Å². The van der Waals surface area contributed by atoms with Crippen molar-refractivity contribution >= 4 is 12.0 Å². The fourth-order valence-corrected chi connectivity index (χ4v) is 5.56. The molecule has 0 radical (unpaired) electrons. The maximum absolute atomic E-state index is 11.8. The minimum Gasteiger partial charge on any atom is -0.395 e. The Balaban J connectivity index is 1.96. The second-order valence-electron chi connectivity index (χ2n) is 9.02. The molecule has 5 heteroatoms. The summed E-state index contributed by atoms with van der Waals surface area (Å²) >= 11 is 1.16. The van der Waals surface area contributed by atoms with E-state index < -0.39 is 22.4 Å². The maximum atomic E-state index is 11.8. The zero-order valence-corrected chi connectivity index (χ0v) is 18.7. The summed E-state index contributed by atoms with van der Waals surface area (Å²) in [6, 6.07) is 19.8. The van der Waals surface area contributed by atoms with Gasteiger partial charge >= 0.3 is 0 Å². The molecule has 3 rings (SSSR count). The zero-order valence-electron chi connectivity index (χ0n) is 17.9. The lowest BCUT2D eigenvalue weighted by atomic mass is 9.66. The van der Waals surface area contributed by atoms with Crippen LogP contribution in [-0.2, 0) is 17.0 Å². The quantitative estimate of drug-likeness (QED) is 0.524. The van der Waals surface area contributed by atoms with E-state index in [2.05, 4.69) is 13.8 Å². The molecule has 0 spiro atoms. The third-order valence-electron chi connectivity index (χ3n) is 6.27. The van der Waals surface area contributed by atoms with Crippen molar-refractivity contribution < 1.29 is 19.5 Å². The molecule has 0 saturated carbocycles. The van der Waals surface area contributed by atoms with E-state index >= 15 is 0 Å². The van der Waals surface area contributed by atoms with Crippen molar-refractivity contribution in [2.24, 2.45) is 11.3 Å². The van der Waals surface area contributed by atoms with Gasteiger partial charge in [0.05, 0.1) is 35.6 Å². The summed E-state index contributed by atoms with van der Waals surface area (Å²) in [4.78, 5) is 0. The van der Waals surface area contributed by atoms with E-state index in [4.69, 9.17) is 4.18 Å². The van der Waals surface area contributed by atoms with Crippen LogP contribution in [0.15, 0.2) is 60.7 Å². The second kappa shape index (κ2) is 10.3. The van der Waals surface area contributed by atoms with Crippen LogP contribution in [0.5, 0.6) is 0 Å². The zero-order chi connectivity index (χ0) is 21.6. The SMILES string of the molecule is CC(C)CCC(O)C1(Cc2ccccc2)COSC(CO)(Cc2ccccc2)C1O. The smallest absolute Gasteiger partial charge is 0.0957 e. The summed E-state index contributed by atoms with van der Waals surface area (Å²) < 4.78 is 5.03. The minimum atomic E-state index is -0.937. The first kappa shape index (κ1) is 23.3. The standard InChI is InChI=1S/C25H34O4S/c1-19(2)13-14-22(27)24(15-20-9-5-3-6-10-20)18-29-30-25(17-26,23(24)28)16-21-11-7-4-8-12-21/h3-12,19,22-23,26-28H,13-18H2,1-2H3. The third-order valence-corrected chi connectivity index (χ3v) is 7.33. The van der Waals surface area contributed by atoms with Gasteiger partial charge in [0, 0.05) is 12.0 Å². The average Bonchev–Trinajstić information content (AvgIpc) is 2.76. The predicted octanol–water partition coefficient (Wildman–Crippen LogP) is 4.03. The Morgan fingerprint density at radius 2 is 1.53 bits per heavy atom. The average molecular weight is 431 g/mol. The van der Waals surface area contributed by atoms with Crippen molar-refractivity contribution in [1.82, 2.24) is 0 Å². The number of hydrogen-bond donors (Lipinski definition) is 3.